The number of hydrogen-bond acceptors (Lipinski definition) is 3. The van der Waals surface area contributed by atoms with Crippen LogP contribution >= 0.6 is 0 Å². The van der Waals surface area contributed by atoms with Gasteiger partial charge in [-0.05, 0) is 17.7 Å². The quantitative estimate of drug-likeness (QED) is 0.910. The van der Waals surface area contributed by atoms with Crippen molar-refractivity contribution < 1.29 is 4.74 Å². The Kier molecular flexibility index (Phi) is 2.94. The summed E-state index contributed by atoms with van der Waals surface area (Å²) in [6, 6.07) is 19.7. The van der Waals surface area contributed by atoms with Crippen LogP contribution in [0.5, 0.6) is 5.75 Å². The number of hydrogen-bond donors (Lipinski definition) is 1. The summed E-state index contributed by atoms with van der Waals surface area (Å²) < 4.78 is 6.16. The van der Waals surface area contributed by atoms with Crippen LogP contribution in [-0.4, -0.2) is 13.1 Å². The Bertz CT molecular complexity index is 612. The monoisotopic (exact) mass is 250 g/mol. The summed E-state index contributed by atoms with van der Waals surface area (Å²) >= 11 is 0. The van der Waals surface area contributed by atoms with E-state index in [1.54, 1.807) is 6.07 Å². The summed E-state index contributed by atoms with van der Waals surface area (Å²) in [5.41, 5.74) is 1.36. The fourth-order valence-electron chi connectivity index (χ4n) is 2.29. The van der Waals surface area contributed by atoms with Gasteiger partial charge in [0.05, 0.1) is 5.56 Å². The minimum atomic E-state index is -0.353. The van der Waals surface area contributed by atoms with Crippen molar-refractivity contribution in [2.24, 2.45) is 0 Å². The molecule has 94 valence electrons. The first kappa shape index (κ1) is 11.8. The highest BCUT2D eigenvalue weighted by atomic mass is 16.5. The van der Waals surface area contributed by atoms with Gasteiger partial charge in [-0.2, -0.15) is 5.26 Å². The van der Waals surface area contributed by atoms with Gasteiger partial charge in [0.1, 0.15) is 11.8 Å². The first-order valence-electron chi connectivity index (χ1n) is 6.28. The normalized spacial score (nSPS) is 16.2. The number of ether oxygens (including phenoxy) is 1. The third-order valence-corrected chi connectivity index (χ3v) is 3.43. The maximum Gasteiger partial charge on any atom is 0.159 e. The van der Waals surface area contributed by atoms with Gasteiger partial charge in [-0.15, -0.1) is 0 Å². The molecule has 2 aromatic carbocycles. The molecule has 0 amide bonds. The molecular formula is C16H14N2O. The van der Waals surface area contributed by atoms with Crippen molar-refractivity contribution in [2.45, 2.75) is 5.60 Å². The van der Waals surface area contributed by atoms with Gasteiger partial charge in [0.25, 0.3) is 0 Å². The van der Waals surface area contributed by atoms with Crippen molar-refractivity contribution in [3.05, 3.63) is 65.7 Å². The van der Waals surface area contributed by atoms with Crippen molar-refractivity contribution in [2.75, 3.05) is 13.1 Å². The molecule has 19 heavy (non-hydrogen) atoms. The van der Waals surface area contributed by atoms with Gasteiger partial charge in [-0.1, -0.05) is 42.5 Å². The minimum absolute atomic E-state index is 0.353. The molecule has 3 heteroatoms. The Labute approximate surface area is 112 Å². The lowest BCUT2D eigenvalue weighted by atomic mass is 9.87. The van der Waals surface area contributed by atoms with E-state index in [-0.39, 0.29) is 5.60 Å². The van der Waals surface area contributed by atoms with Gasteiger partial charge in [0, 0.05) is 13.1 Å². The Morgan fingerprint density at radius 2 is 1.68 bits per heavy atom. The van der Waals surface area contributed by atoms with E-state index in [0.717, 1.165) is 18.7 Å². The van der Waals surface area contributed by atoms with Crippen LogP contribution in [0.3, 0.4) is 0 Å². The average molecular weight is 250 g/mol. The Morgan fingerprint density at radius 1 is 1.00 bits per heavy atom. The van der Waals surface area contributed by atoms with Crippen molar-refractivity contribution in [3.8, 4) is 11.8 Å². The van der Waals surface area contributed by atoms with Gasteiger partial charge >= 0.3 is 0 Å². The van der Waals surface area contributed by atoms with Crippen LogP contribution in [0.4, 0.5) is 0 Å². The first-order valence-corrected chi connectivity index (χ1v) is 6.28. The largest absolute Gasteiger partial charge is 0.478 e. The van der Waals surface area contributed by atoms with E-state index < -0.39 is 0 Å². The van der Waals surface area contributed by atoms with Gasteiger partial charge < -0.3 is 10.1 Å². The molecule has 0 unspecified atom stereocenters. The minimum Gasteiger partial charge on any atom is -0.478 e. The van der Waals surface area contributed by atoms with Crippen LogP contribution < -0.4 is 10.1 Å². The van der Waals surface area contributed by atoms with Gasteiger partial charge in [-0.25, -0.2) is 0 Å². The highest BCUT2D eigenvalue weighted by Crippen LogP contribution is 2.33. The third-order valence-electron chi connectivity index (χ3n) is 3.43. The lowest BCUT2D eigenvalue weighted by Crippen LogP contribution is -2.60. The fraction of sp³-hybridized carbons (Fsp3) is 0.188. The van der Waals surface area contributed by atoms with Gasteiger partial charge in [0.2, 0.25) is 0 Å². The third kappa shape index (κ3) is 2.07. The number of para-hydroxylation sites is 1. The summed E-state index contributed by atoms with van der Waals surface area (Å²) in [7, 11) is 0. The molecule has 1 heterocycles. The van der Waals surface area contributed by atoms with E-state index in [9.17, 15) is 0 Å². The lowest BCUT2D eigenvalue weighted by molar-refractivity contribution is 0.0119. The van der Waals surface area contributed by atoms with E-state index in [2.05, 4.69) is 23.5 Å². The molecule has 3 rings (SSSR count). The molecule has 0 atom stereocenters. The number of nitrogens with one attached hydrogen (secondary N) is 1. The molecule has 0 radical (unpaired) electrons. The van der Waals surface area contributed by atoms with E-state index >= 15 is 0 Å². The van der Waals surface area contributed by atoms with Crippen LogP contribution in [0, 0.1) is 11.3 Å². The highest BCUT2D eigenvalue weighted by Gasteiger charge is 2.41. The zero-order valence-corrected chi connectivity index (χ0v) is 10.5. The van der Waals surface area contributed by atoms with Crippen molar-refractivity contribution in [1.82, 2.24) is 5.32 Å². The summed E-state index contributed by atoms with van der Waals surface area (Å²) in [6.45, 7) is 1.52. The molecule has 2 aromatic rings. The topological polar surface area (TPSA) is 45.0 Å². The Morgan fingerprint density at radius 3 is 2.32 bits per heavy atom. The van der Waals surface area contributed by atoms with E-state index in [1.165, 1.54) is 0 Å². The predicted molar refractivity (Wildman–Crippen MR) is 72.8 cm³/mol. The molecule has 0 spiro atoms. The number of benzene rings is 2. The smallest absolute Gasteiger partial charge is 0.159 e. The molecule has 3 nitrogen and oxygen atoms in total. The number of rotatable bonds is 3. The second kappa shape index (κ2) is 4.75. The molecule has 0 saturated carbocycles. The second-order valence-electron chi connectivity index (χ2n) is 4.67. The molecule has 0 bridgehead atoms. The van der Waals surface area contributed by atoms with Crippen LogP contribution in [0.25, 0.3) is 0 Å². The maximum atomic E-state index is 9.13. The van der Waals surface area contributed by atoms with Crippen molar-refractivity contribution >= 4 is 0 Å². The van der Waals surface area contributed by atoms with Gasteiger partial charge in [0.15, 0.2) is 5.60 Å². The summed E-state index contributed by atoms with van der Waals surface area (Å²) in [5, 5.41) is 12.4. The molecular weight excluding hydrogens is 236 g/mol. The highest BCUT2D eigenvalue weighted by molar-refractivity contribution is 5.44. The van der Waals surface area contributed by atoms with Crippen LogP contribution in [-0.2, 0) is 5.60 Å². The van der Waals surface area contributed by atoms with E-state index in [1.807, 2.05) is 36.4 Å². The summed E-state index contributed by atoms with van der Waals surface area (Å²) in [4.78, 5) is 0. The molecule has 0 aromatic heterocycles. The SMILES string of the molecule is N#Cc1ccccc1OC1(c2ccccc2)CNC1. The van der Waals surface area contributed by atoms with Crippen molar-refractivity contribution in [3.63, 3.8) is 0 Å². The molecule has 1 saturated heterocycles. The zero-order chi connectivity index (χ0) is 13.1. The fourth-order valence-corrected chi connectivity index (χ4v) is 2.29. The summed E-state index contributed by atoms with van der Waals surface area (Å²) in [6.07, 6.45) is 0. The van der Waals surface area contributed by atoms with Gasteiger partial charge in [-0.3, -0.25) is 0 Å². The summed E-state index contributed by atoms with van der Waals surface area (Å²) in [5.74, 6) is 0.648. The molecule has 1 N–H and O–H groups in total. The molecule has 1 aliphatic heterocycles. The zero-order valence-electron chi connectivity index (χ0n) is 10.5. The maximum absolute atomic E-state index is 9.13. The standard InChI is InChI=1S/C16H14N2O/c17-10-13-6-4-5-9-15(13)19-16(11-18-12-16)14-7-2-1-3-8-14/h1-9,18H,11-12H2. The Balaban J connectivity index is 1.95. The first-order chi connectivity index (χ1) is 9.34. The number of nitrogens with zero attached hydrogens (tertiary/aromatic N) is 1. The predicted octanol–water partition coefficient (Wildman–Crippen LogP) is 2.44. The number of nitriles is 1. The lowest BCUT2D eigenvalue weighted by Gasteiger charge is -2.43. The molecule has 0 aliphatic carbocycles. The van der Waals surface area contributed by atoms with Crippen molar-refractivity contribution in [1.29, 1.82) is 5.26 Å². The molecule has 1 aliphatic rings. The average Bonchev–Trinajstić information content (AvgIpc) is 2.44. The Hall–Kier alpha value is -2.31. The molecule has 1 fully saturated rings. The van der Waals surface area contributed by atoms with Crippen LogP contribution in [0.2, 0.25) is 0 Å². The second-order valence-corrected chi connectivity index (χ2v) is 4.67. The van der Waals surface area contributed by atoms with E-state index in [0.29, 0.717) is 11.3 Å². The van der Waals surface area contributed by atoms with E-state index in [4.69, 9.17) is 10.00 Å². The van der Waals surface area contributed by atoms with Crippen LogP contribution in [0.1, 0.15) is 11.1 Å². The van der Waals surface area contributed by atoms with Crippen LogP contribution in [0.15, 0.2) is 54.6 Å².